The molecule has 0 bridgehead atoms. The molecule has 1 aromatic rings. The highest BCUT2D eigenvalue weighted by Gasteiger charge is 2.26. The van der Waals surface area contributed by atoms with Gasteiger partial charge in [0.1, 0.15) is 5.75 Å². The van der Waals surface area contributed by atoms with Gasteiger partial charge in [-0.15, -0.1) is 0 Å². The van der Waals surface area contributed by atoms with Crippen LogP contribution >= 0.6 is 24.0 Å². The van der Waals surface area contributed by atoms with E-state index in [0.717, 1.165) is 12.2 Å². The van der Waals surface area contributed by atoms with Crippen molar-refractivity contribution in [2.24, 2.45) is 0 Å². The molecular formula is C13H14N2O3S2. The molecule has 1 atom stereocenters. The van der Waals surface area contributed by atoms with Crippen molar-refractivity contribution in [1.82, 2.24) is 10.6 Å². The fraction of sp³-hybridized carbons (Fsp3) is 0.308. The second-order valence-corrected chi connectivity index (χ2v) is 5.67. The van der Waals surface area contributed by atoms with Crippen LogP contribution in [0.15, 0.2) is 24.3 Å². The number of carbonyl (C=O) groups excluding carboxylic acids is 2. The van der Waals surface area contributed by atoms with Crippen molar-refractivity contribution in [2.45, 2.75) is 12.5 Å². The molecule has 7 heteroatoms. The van der Waals surface area contributed by atoms with Crippen LogP contribution in [0.3, 0.4) is 0 Å². The van der Waals surface area contributed by atoms with E-state index in [1.165, 1.54) is 11.8 Å². The SMILES string of the molecule is COc1ccc(C(=O)NC(=S)N[C@H]2CCSC2=O)cc1. The van der Waals surface area contributed by atoms with Crippen molar-refractivity contribution >= 4 is 40.1 Å². The molecule has 1 amide bonds. The Morgan fingerprint density at radius 3 is 2.65 bits per heavy atom. The molecule has 5 nitrogen and oxygen atoms in total. The summed E-state index contributed by atoms with van der Waals surface area (Å²) >= 11 is 6.32. The Bertz CT molecular complexity index is 531. The quantitative estimate of drug-likeness (QED) is 0.821. The lowest BCUT2D eigenvalue weighted by atomic mass is 10.2. The maximum Gasteiger partial charge on any atom is 0.257 e. The van der Waals surface area contributed by atoms with Gasteiger partial charge in [-0.25, -0.2) is 0 Å². The number of nitrogens with one attached hydrogen (secondary N) is 2. The van der Waals surface area contributed by atoms with Crippen LogP contribution < -0.4 is 15.4 Å². The van der Waals surface area contributed by atoms with Crippen molar-refractivity contribution < 1.29 is 14.3 Å². The summed E-state index contributed by atoms with van der Waals surface area (Å²) < 4.78 is 5.02. The lowest BCUT2D eigenvalue weighted by Crippen LogP contribution is -2.45. The van der Waals surface area contributed by atoms with Gasteiger partial charge in [0.2, 0.25) is 5.12 Å². The summed E-state index contributed by atoms with van der Waals surface area (Å²) in [5.74, 6) is 1.14. The number of ether oxygens (including phenoxy) is 1. The van der Waals surface area contributed by atoms with Gasteiger partial charge in [-0.3, -0.25) is 14.9 Å². The summed E-state index contributed by atoms with van der Waals surface area (Å²) in [4.78, 5) is 23.4. The van der Waals surface area contributed by atoms with E-state index in [0.29, 0.717) is 11.3 Å². The molecule has 1 aliphatic heterocycles. The molecule has 0 radical (unpaired) electrons. The van der Waals surface area contributed by atoms with Crippen molar-refractivity contribution in [3.05, 3.63) is 29.8 Å². The first kappa shape index (κ1) is 14.8. The van der Waals surface area contributed by atoms with Crippen molar-refractivity contribution in [2.75, 3.05) is 12.9 Å². The van der Waals surface area contributed by atoms with E-state index >= 15 is 0 Å². The number of hydrogen-bond acceptors (Lipinski definition) is 5. The Kier molecular flexibility index (Phi) is 4.97. The standard InChI is InChI=1S/C13H14N2O3S2/c1-18-9-4-2-8(3-5-9)11(16)15-13(19)14-10-6-7-20-12(10)17/h2-5,10H,6-7H2,1H3,(H2,14,15,16,19)/t10-/m0/s1. The van der Waals surface area contributed by atoms with Gasteiger partial charge in [-0.2, -0.15) is 0 Å². The Morgan fingerprint density at radius 2 is 2.10 bits per heavy atom. The highest BCUT2D eigenvalue weighted by molar-refractivity contribution is 8.14. The monoisotopic (exact) mass is 310 g/mol. The normalized spacial score (nSPS) is 17.6. The second kappa shape index (κ2) is 6.71. The first-order chi connectivity index (χ1) is 9.60. The molecule has 0 aromatic heterocycles. The van der Waals surface area contributed by atoms with E-state index in [1.807, 2.05) is 0 Å². The van der Waals surface area contributed by atoms with Gasteiger partial charge in [-0.1, -0.05) is 11.8 Å². The fourth-order valence-corrected chi connectivity index (χ4v) is 2.91. The maximum atomic E-state index is 11.9. The van der Waals surface area contributed by atoms with Gasteiger partial charge in [-0.05, 0) is 42.9 Å². The summed E-state index contributed by atoms with van der Waals surface area (Å²) in [6.07, 6.45) is 0.724. The molecule has 0 unspecified atom stereocenters. The van der Waals surface area contributed by atoms with Crippen LogP contribution in [-0.4, -0.2) is 35.0 Å². The number of hydrogen-bond donors (Lipinski definition) is 2. The van der Waals surface area contributed by atoms with Gasteiger partial charge >= 0.3 is 0 Å². The highest BCUT2D eigenvalue weighted by Crippen LogP contribution is 2.19. The van der Waals surface area contributed by atoms with Crippen molar-refractivity contribution in [3.8, 4) is 5.75 Å². The molecule has 0 saturated carbocycles. The van der Waals surface area contributed by atoms with E-state index in [4.69, 9.17) is 17.0 Å². The number of carbonyl (C=O) groups is 2. The molecule has 1 fully saturated rings. The van der Waals surface area contributed by atoms with Crippen LogP contribution in [0.4, 0.5) is 0 Å². The van der Waals surface area contributed by atoms with Crippen molar-refractivity contribution in [1.29, 1.82) is 0 Å². The molecule has 0 spiro atoms. The summed E-state index contributed by atoms with van der Waals surface area (Å²) in [7, 11) is 1.56. The van der Waals surface area contributed by atoms with E-state index in [9.17, 15) is 9.59 Å². The average molecular weight is 310 g/mol. The third kappa shape index (κ3) is 3.71. The molecule has 1 aliphatic rings. The first-order valence-electron chi connectivity index (χ1n) is 6.02. The van der Waals surface area contributed by atoms with Gasteiger partial charge in [0.25, 0.3) is 5.91 Å². The summed E-state index contributed by atoms with van der Waals surface area (Å²) in [5.41, 5.74) is 0.474. The molecular weight excluding hydrogens is 296 g/mol. The summed E-state index contributed by atoms with van der Waals surface area (Å²) in [5, 5.41) is 5.65. The van der Waals surface area contributed by atoms with Gasteiger partial charge in [0, 0.05) is 11.3 Å². The van der Waals surface area contributed by atoms with Crippen LogP contribution in [0.2, 0.25) is 0 Å². The largest absolute Gasteiger partial charge is 0.497 e. The topological polar surface area (TPSA) is 67.4 Å². The Balaban J connectivity index is 1.89. The molecule has 2 N–H and O–H groups in total. The highest BCUT2D eigenvalue weighted by atomic mass is 32.2. The zero-order chi connectivity index (χ0) is 14.5. The van der Waals surface area contributed by atoms with Gasteiger partial charge in [0.15, 0.2) is 5.11 Å². The zero-order valence-corrected chi connectivity index (χ0v) is 12.5. The number of methoxy groups -OCH3 is 1. The minimum Gasteiger partial charge on any atom is -0.497 e. The summed E-state index contributed by atoms with van der Waals surface area (Å²) in [6, 6.07) is 6.38. The van der Waals surface area contributed by atoms with Crippen LogP contribution in [-0.2, 0) is 4.79 Å². The number of benzene rings is 1. The average Bonchev–Trinajstić information content (AvgIpc) is 2.84. The van der Waals surface area contributed by atoms with Crippen LogP contribution in [0.1, 0.15) is 16.8 Å². The van der Waals surface area contributed by atoms with Crippen LogP contribution in [0.25, 0.3) is 0 Å². The molecule has 1 saturated heterocycles. The van der Waals surface area contributed by atoms with Gasteiger partial charge < -0.3 is 10.1 Å². The Labute approximate surface area is 126 Å². The molecule has 20 heavy (non-hydrogen) atoms. The lowest BCUT2D eigenvalue weighted by molar-refractivity contribution is -0.111. The first-order valence-corrected chi connectivity index (χ1v) is 7.42. The fourth-order valence-electron chi connectivity index (χ4n) is 1.74. The number of rotatable bonds is 3. The number of thioether (sulfide) groups is 1. The lowest BCUT2D eigenvalue weighted by Gasteiger charge is -2.13. The Hall–Kier alpha value is -1.60. The molecule has 1 aromatic carbocycles. The van der Waals surface area contributed by atoms with E-state index < -0.39 is 0 Å². The smallest absolute Gasteiger partial charge is 0.257 e. The zero-order valence-electron chi connectivity index (χ0n) is 10.8. The Morgan fingerprint density at radius 1 is 1.40 bits per heavy atom. The van der Waals surface area contributed by atoms with Crippen molar-refractivity contribution in [3.63, 3.8) is 0 Å². The minimum atomic E-state index is -0.316. The van der Waals surface area contributed by atoms with Crippen LogP contribution in [0.5, 0.6) is 5.75 Å². The summed E-state index contributed by atoms with van der Waals surface area (Å²) in [6.45, 7) is 0. The third-order valence-corrected chi connectivity index (χ3v) is 4.05. The molecule has 106 valence electrons. The molecule has 0 aliphatic carbocycles. The minimum absolute atomic E-state index is 0.0612. The molecule has 2 rings (SSSR count). The van der Waals surface area contributed by atoms with Gasteiger partial charge in [0.05, 0.1) is 13.2 Å². The third-order valence-electron chi connectivity index (χ3n) is 2.82. The van der Waals surface area contributed by atoms with Crippen LogP contribution in [0, 0.1) is 0 Å². The van der Waals surface area contributed by atoms with E-state index in [2.05, 4.69) is 10.6 Å². The van der Waals surface area contributed by atoms with E-state index in [-0.39, 0.29) is 22.2 Å². The van der Waals surface area contributed by atoms with E-state index in [1.54, 1.807) is 31.4 Å². The predicted octanol–water partition coefficient (Wildman–Crippen LogP) is 1.33. The maximum absolute atomic E-state index is 11.9. The predicted molar refractivity (Wildman–Crippen MR) is 82.1 cm³/mol. The molecule has 1 heterocycles. The number of amides is 1. The second-order valence-electron chi connectivity index (χ2n) is 4.16. The number of thiocarbonyl (C=S) groups is 1.